The van der Waals surface area contributed by atoms with Crippen LogP contribution in [0.5, 0.6) is 0 Å². The van der Waals surface area contributed by atoms with Crippen LogP contribution >= 0.6 is 11.3 Å². The maximum atomic E-state index is 11.7. The Hall–Kier alpha value is -2.15. The highest BCUT2D eigenvalue weighted by molar-refractivity contribution is 7.89. The minimum Gasteiger partial charge on any atom is -0.378 e. The second kappa shape index (κ2) is 5.67. The van der Waals surface area contributed by atoms with Crippen molar-refractivity contribution in [1.82, 2.24) is 0 Å². The smallest absolute Gasteiger partial charge is 0.238 e. The van der Waals surface area contributed by atoms with Crippen molar-refractivity contribution in [3.8, 4) is 0 Å². The zero-order valence-electron chi connectivity index (χ0n) is 13.9. The molecule has 132 valence electrons. The molecule has 1 aromatic heterocycles. The Morgan fingerprint density at radius 2 is 1.96 bits per heavy atom. The summed E-state index contributed by atoms with van der Waals surface area (Å²) in [5, 5.41) is 12.5. The number of rotatable bonds is 2. The van der Waals surface area contributed by atoms with E-state index < -0.39 is 10.0 Å². The molecule has 1 aliphatic carbocycles. The van der Waals surface area contributed by atoms with Gasteiger partial charge in [-0.15, -0.1) is 11.3 Å². The van der Waals surface area contributed by atoms with Gasteiger partial charge < -0.3 is 5.32 Å². The van der Waals surface area contributed by atoms with E-state index in [1.165, 1.54) is 15.6 Å². The molecule has 3 N–H and O–H groups in total. The number of hydrogen-bond acceptors (Lipinski definition) is 4. The van der Waals surface area contributed by atoms with E-state index in [2.05, 4.69) is 47.1 Å². The van der Waals surface area contributed by atoms with Gasteiger partial charge in [-0.2, -0.15) is 0 Å². The zero-order chi connectivity index (χ0) is 17.9. The first kappa shape index (κ1) is 16.1. The van der Waals surface area contributed by atoms with Crippen molar-refractivity contribution >= 4 is 37.1 Å². The van der Waals surface area contributed by atoms with Crippen LogP contribution in [0.4, 0.5) is 5.69 Å². The lowest BCUT2D eigenvalue weighted by molar-refractivity contribution is 0.427. The fraction of sp³-hybridized carbons (Fsp3) is 0.200. The van der Waals surface area contributed by atoms with Crippen LogP contribution in [0.15, 0.2) is 64.9 Å². The molecule has 0 bridgehead atoms. The Labute approximate surface area is 156 Å². The topological polar surface area (TPSA) is 72.2 Å². The molecule has 2 aliphatic rings. The van der Waals surface area contributed by atoms with Crippen molar-refractivity contribution in [2.75, 3.05) is 5.32 Å². The molecule has 1 aliphatic heterocycles. The summed E-state index contributed by atoms with van der Waals surface area (Å²) in [6, 6.07) is 13.9. The number of thiophene rings is 1. The van der Waals surface area contributed by atoms with Crippen LogP contribution in [0.3, 0.4) is 0 Å². The summed E-state index contributed by atoms with van der Waals surface area (Å²) in [7, 11) is -3.70. The standard InChI is InChI=1S/C20H18N2O2S2/c21-26(23,24)12-8-9-18-16(10-12)13-5-3-6-15(13)20(22-18)17-11-25-19-7-2-1-4-14(17)19/h1-5,7-11,13,15,20,22H,6H2,(H2,21,23,24)/t13-,15+,20-/m0/s1. The summed E-state index contributed by atoms with van der Waals surface area (Å²) < 4.78 is 24.8. The Morgan fingerprint density at radius 1 is 1.12 bits per heavy atom. The van der Waals surface area contributed by atoms with Crippen molar-refractivity contribution in [2.24, 2.45) is 11.1 Å². The van der Waals surface area contributed by atoms with Crippen LogP contribution in [0, 0.1) is 5.92 Å². The zero-order valence-corrected chi connectivity index (χ0v) is 15.6. The summed E-state index contributed by atoms with van der Waals surface area (Å²) >= 11 is 1.77. The molecule has 0 saturated carbocycles. The van der Waals surface area contributed by atoms with Crippen LogP contribution in [-0.2, 0) is 10.0 Å². The summed E-state index contributed by atoms with van der Waals surface area (Å²) in [6.07, 6.45) is 5.39. The highest BCUT2D eigenvalue weighted by Crippen LogP contribution is 2.51. The number of hydrogen-bond donors (Lipinski definition) is 2. The highest BCUT2D eigenvalue weighted by Gasteiger charge is 2.39. The van der Waals surface area contributed by atoms with Gasteiger partial charge in [0, 0.05) is 16.3 Å². The Kier molecular flexibility index (Phi) is 3.50. The predicted molar refractivity (Wildman–Crippen MR) is 106 cm³/mol. The van der Waals surface area contributed by atoms with Gasteiger partial charge in [-0.25, -0.2) is 13.6 Å². The number of allylic oxidation sites excluding steroid dienone is 2. The molecule has 0 saturated heterocycles. The molecule has 3 aromatic rings. The third-order valence-corrected chi connectivity index (χ3v) is 7.40. The lowest BCUT2D eigenvalue weighted by Gasteiger charge is -2.37. The van der Waals surface area contributed by atoms with Gasteiger partial charge >= 0.3 is 0 Å². The summed E-state index contributed by atoms with van der Waals surface area (Å²) in [4.78, 5) is 0.177. The summed E-state index contributed by atoms with van der Waals surface area (Å²) in [5.74, 6) is 0.577. The van der Waals surface area contributed by atoms with E-state index in [9.17, 15) is 8.42 Å². The molecule has 0 radical (unpaired) electrons. The van der Waals surface area contributed by atoms with E-state index in [-0.39, 0.29) is 16.9 Å². The first-order chi connectivity index (χ1) is 12.5. The van der Waals surface area contributed by atoms with E-state index in [1.54, 1.807) is 23.5 Å². The molecule has 0 fully saturated rings. The van der Waals surface area contributed by atoms with Gasteiger partial charge in [0.15, 0.2) is 0 Å². The minimum absolute atomic E-state index is 0.177. The molecule has 0 unspecified atom stereocenters. The van der Waals surface area contributed by atoms with E-state index >= 15 is 0 Å². The number of benzene rings is 2. The molecule has 3 atom stereocenters. The van der Waals surface area contributed by atoms with Gasteiger partial charge in [0.05, 0.1) is 10.9 Å². The van der Waals surface area contributed by atoms with Crippen LogP contribution in [0.1, 0.15) is 29.5 Å². The number of anilines is 1. The minimum atomic E-state index is -3.70. The van der Waals surface area contributed by atoms with Crippen LogP contribution < -0.4 is 10.5 Å². The van der Waals surface area contributed by atoms with Gasteiger partial charge in [0.2, 0.25) is 10.0 Å². The molecule has 0 amide bonds. The second-order valence-corrected chi connectivity index (χ2v) is 9.43. The number of nitrogens with one attached hydrogen (secondary N) is 1. The van der Waals surface area contributed by atoms with Gasteiger partial charge in [0.1, 0.15) is 0 Å². The molecule has 26 heavy (non-hydrogen) atoms. The maximum absolute atomic E-state index is 11.7. The van der Waals surface area contributed by atoms with Crippen molar-refractivity contribution in [2.45, 2.75) is 23.3 Å². The summed E-state index contributed by atoms with van der Waals surface area (Å²) in [6.45, 7) is 0. The second-order valence-electron chi connectivity index (χ2n) is 6.96. The van der Waals surface area contributed by atoms with Crippen molar-refractivity contribution in [1.29, 1.82) is 0 Å². The molecular weight excluding hydrogens is 364 g/mol. The van der Waals surface area contributed by atoms with E-state index in [0.717, 1.165) is 17.7 Å². The quantitative estimate of drug-likeness (QED) is 0.646. The normalized spacial score (nSPS) is 24.3. The van der Waals surface area contributed by atoms with Gasteiger partial charge in [0.25, 0.3) is 0 Å². The molecule has 0 spiro atoms. The van der Waals surface area contributed by atoms with Crippen molar-refractivity contribution in [3.05, 3.63) is 71.1 Å². The fourth-order valence-electron chi connectivity index (χ4n) is 4.30. The van der Waals surface area contributed by atoms with Crippen molar-refractivity contribution in [3.63, 3.8) is 0 Å². The Balaban J connectivity index is 1.64. The predicted octanol–water partition coefficient (Wildman–Crippen LogP) is 4.38. The molecular formula is C20H18N2O2S2. The molecule has 2 heterocycles. The maximum Gasteiger partial charge on any atom is 0.238 e. The fourth-order valence-corrected chi connectivity index (χ4v) is 5.84. The SMILES string of the molecule is NS(=O)(=O)c1ccc2c(c1)[C@H]1C=CC[C@H]1[C@@H](c1csc3ccccc13)N2. The highest BCUT2D eigenvalue weighted by atomic mass is 32.2. The lowest BCUT2D eigenvalue weighted by Crippen LogP contribution is -2.29. The number of fused-ring (bicyclic) bond motifs is 4. The van der Waals surface area contributed by atoms with E-state index in [1.807, 2.05) is 6.07 Å². The molecule has 4 nitrogen and oxygen atoms in total. The van der Waals surface area contributed by atoms with Gasteiger partial charge in [-0.05, 0) is 58.5 Å². The van der Waals surface area contributed by atoms with E-state index in [4.69, 9.17) is 5.14 Å². The van der Waals surface area contributed by atoms with Crippen molar-refractivity contribution < 1.29 is 8.42 Å². The first-order valence-electron chi connectivity index (χ1n) is 8.58. The average molecular weight is 383 g/mol. The molecule has 5 rings (SSSR count). The summed E-state index contributed by atoms with van der Waals surface area (Å²) in [5.41, 5.74) is 3.34. The Bertz CT molecular complexity index is 1150. The van der Waals surface area contributed by atoms with Gasteiger partial charge in [-0.1, -0.05) is 30.4 Å². The number of sulfonamides is 1. The third kappa shape index (κ3) is 2.40. The monoisotopic (exact) mass is 382 g/mol. The van der Waals surface area contributed by atoms with Gasteiger partial charge in [-0.3, -0.25) is 0 Å². The third-order valence-electron chi connectivity index (χ3n) is 5.51. The number of primary sulfonamides is 1. The molecule has 6 heteroatoms. The van der Waals surface area contributed by atoms with Crippen LogP contribution in [-0.4, -0.2) is 8.42 Å². The lowest BCUT2D eigenvalue weighted by atomic mass is 9.77. The average Bonchev–Trinajstić information content (AvgIpc) is 3.27. The van der Waals surface area contributed by atoms with Crippen LogP contribution in [0.2, 0.25) is 0 Å². The van der Waals surface area contributed by atoms with E-state index in [0.29, 0.717) is 5.92 Å². The first-order valence-corrected chi connectivity index (χ1v) is 11.0. The van der Waals surface area contributed by atoms with Crippen LogP contribution in [0.25, 0.3) is 10.1 Å². The largest absolute Gasteiger partial charge is 0.378 e. The number of nitrogens with two attached hydrogens (primary N) is 1. The Morgan fingerprint density at radius 3 is 2.81 bits per heavy atom. The molecule has 2 aromatic carbocycles.